The SMILES string of the molecule is COc1cc(C(=O)N2CC[C@]3(c4ccccn4)OCO[C@H]3C2)cc(Cl)c1OCCOC(F)(F)F. The lowest BCUT2D eigenvalue weighted by molar-refractivity contribution is -0.325. The quantitative estimate of drug-likeness (QED) is 0.533. The number of hydrogen-bond donors (Lipinski definition) is 0. The molecular formula is C22H22ClF3N2O6. The molecule has 0 saturated carbocycles. The Hall–Kier alpha value is -2.60. The van der Waals surface area contributed by atoms with Gasteiger partial charge in [-0.2, -0.15) is 0 Å². The topological polar surface area (TPSA) is 79.4 Å². The van der Waals surface area contributed by atoms with Gasteiger partial charge in [-0.15, -0.1) is 13.2 Å². The molecule has 2 aliphatic rings. The van der Waals surface area contributed by atoms with Crippen LogP contribution < -0.4 is 9.47 Å². The number of hydrogen-bond acceptors (Lipinski definition) is 7. The lowest BCUT2D eigenvalue weighted by Crippen LogP contribution is -2.53. The second-order valence-corrected chi connectivity index (χ2v) is 8.06. The maximum absolute atomic E-state index is 13.2. The molecule has 12 heteroatoms. The van der Waals surface area contributed by atoms with E-state index in [2.05, 4.69) is 9.72 Å². The first-order valence-corrected chi connectivity index (χ1v) is 10.8. The number of alkyl halides is 3. The van der Waals surface area contributed by atoms with Crippen molar-refractivity contribution in [2.75, 3.05) is 40.2 Å². The minimum Gasteiger partial charge on any atom is -0.493 e. The van der Waals surface area contributed by atoms with Crippen LogP contribution in [0.1, 0.15) is 22.5 Å². The molecule has 34 heavy (non-hydrogen) atoms. The molecule has 0 spiro atoms. The number of aromatic nitrogens is 1. The summed E-state index contributed by atoms with van der Waals surface area (Å²) in [5.41, 5.74) is 0.277. The highest BCUT2D eigenvalue weighted by molar-refractivity contribution is 6.32. The van der Waals surface area contributed by atoms with E-state index in [9.17, 15) is 18.0 Å². The molecule has 0 radical (unpaired) electrons. The van der Waals surface area contributed by atoms with E-state index in [0.29, 0.717) is 13.0 Å². The molecule has 2 saturated heterocycles. The number of rotatable bonds is 7. The van der Waals surface area contributed by atoms with Gasteiger partial charge in [0.1, 0.15) is 25.1 Å². The maximum Gasteiger partial charge on any atom is 0.522 e. The summed E-state index contributed by atoms with van der Waals surface area (Å²) in [5.74, 6) is -0.174. The highest BCUT2D eigenvalue weighted by atomic mass is 35.5. The molecule has 0 unspecified atom stereocenters. The Kier molecular flexibility index (Phi) is 7.17. The van der Waals surface area contributed by atoms with Gasteiger partial charge in [0.05, 0.1) is 31.0 Å². The summed E-state index contributed by atoms with van der Waals surface area (Å²) in [6.45, 7) is -0.361. The normalized spacial score (nSPS) is 22.4. The molecule has 2 aromatic rings. The van der Waals surface area contributed by atoms with E-state index in [1.165, 1.54) is 19.2 Å². The van der Waals surface area contributed by atoms with Crippen molar-refractivity contribution in [2.45, 2.75) is 24.5 Å². The van der Waals surface area contributed by atoms with Crippen LogP contribution in [-0.2, 0) is 19.8 Å². The summed E-state index contributed by atoms with van der Waals surface area (Å²) in [6, 6.07) is 8.39. The summed E-state index contributed by atoms with van der Waals surface area (Å²) >= 11 is 6.26. The number of fused-ring (bicyclic) bond motifs is 1. The van der Waals surface area contributed by atoms with Crippen molar-refractivity contribution in [3.05, 3.63) is 52.8 Å². The van der Waals surface area contributed by atoms with Crippen LogP contribution in [0, 0.1) is 0 Å². The molecule has 0 N–H and O–H groups in total. The molecule has 8 nitrogen and oxygen atoms in total. The van der Waals surface area contributed by atoms with E-state index in [4.69, 9.17) is 30.5 Å². The van der Waals surface area contributed by atoms with Crippen LogP contribution >= 0.6 is 11.6 Å². The number of carbonyl (C=O) groups excluding carboxylic acids is 1. The van der Waals surface area contributed by atoms with Crippen LogP contribution in [0.25, 0.3) is 0 Å². The van der Waals surface area contributed by atoms with Gasteiger partial charge in [0.15, 0.2) is 11.5 Å². The van der Waals surface area contributed by atoms with Gasteiger partial charge < -0.3 is 23.8 Å². The van der Waals surface area contributed by atoms with Crippen molar-refractivity contribution < 1.29 is 41.7 Å². The van der Waals surface area contributed by atoms with Gasteiger partial charge >= 0.3 is 6.36 Å². The predicted molar refractivity (Wildman–Crippen MR) is 113 cm³/mol. The van der Waals surface area contributed by atoms with Crippen LogP contribution in [0.2, 0.25) is 5.02 Å². The molecule has 4 rings (SSSR count). The maximum atomic E-state index is 13.2. The second-order valence-electron chi connectivity index (χ2n) is 7.66. The number of benzene rings is 1. The van der Waals surface area contributed by atoms with Crippen molar-refractivity contribution in [3.63, 3.8) is 0 Å². The highest BCUT2D eigenvalue weighted by Crippen LogP contribution is 2.42. The Labute approximate surface area is 198 Å². The predicted octanol–water partition coefficient (Wildman–Crippen LogP) is 3.77. The molecular weight excluding hydrogens is 481 g/mol. The summed E-state index contributed by atoms with van der Waals surface area (Å²) < 4.78 is 62.4. The number of methoxy groups -OCH3 is 1. The van der Waals surface area contributed by atoms with Gasteiger partial charge in [0, 0.05) is 24.7 Å². The molecule has 1 aromatic heterocycles. The van der Waals surface area contributed by atoms with E-state index in [-0.39, 0.29) is 41.3 Å². The van der Waals surface area contributed by atoms with Gasteiger partial charge in [-0.25, -0.2) is 0 Å². The van der Waals surface area contributed by atoms with Crippen molar-refractivity contribution >= 4 is 17.5 Å². The molecule has 0 bridgehead atoms. The van der Waals surface area contributed by atoms with Gasteiger partial charge in [0.25, 0.3) is 5.91 Å². The van der Waals surface area contributed by atoms with Gasteiger partial charge in [0.2, 0.25) is 0 Å². The zero-order valence-corrected chi connectivity index (χ0v) is 18.9. The number of pyridine rings is 1. The molecule has 0 aliphatic carbocycles. The number of nitrogens with zero attached hydrogens (tertiary/aromatic N) is 2. The Bertz CT molecular complexity index is 1030. The first kappa shape index (κ1) is 24.5. The van der Waals surface area contributed by atoms with E-state index in [0.717, 1.165) is 5.69 Å². The number of ether oxygens (including phenoxy) is 5. The lowest BCUT2D eigenvalue weighted by atomic mass is 9.85. The second kappa shape index (κ2) is 9.95. The Morgan fingerprint density at radius 1 is 1.32 bits per heavy atom. The fourth-order valence-electron chi connectivity index (χ4n) is 4.11. The first-order valence-electron chi connectivity index (χ1n) is 10.4. The number of halogens is 4. The van der Waals surface area contributed by atoms with Crippen LogP contribution in [0.5, 0.6) is 11.5 Å². The van der Waals surface area contributed by atoms with Crippen LogP contribution in [0.15, 0.2) is 36.5 Å². The Balaban J connectivity index is 1.46. The van der Waals surface area contributed by atoms with Crippen molar-refractivity contribution in [1.82, 2.24) is 9.88 Å². The minimum atomic E-state index is -4.76. The molecule has 1 aromatic carbocycles. The summed E-state index contributed by atoms with van der Waals surface area (Å²) in [7, 11) is 1.34. The van der Waals surface area contributed by atoms with Crippen molar-refractivity contribution in [2.24, 2.45) is 0 Å². The smallest absolute Gasteiger partial charge is 0.493 e. The third-order valence-corrected chi connectivity index (χ3v) is 5.98. The van der Waals surface area contributed by atoms with E-state index in [1.807, 2.05) is 18.2 Å². The molecule has 2 atom stereocenters. The van der Waals surface area contributed by atoms with Crippen LogP contribution in [-0.4, -0.2) is 68.5 Å². The van der Waals surface area contributed by atoms with Crippen molar-refractivity contribution in [3.8, 4) is 11.5 Å². The third kappa shape index (κ3) is 5.07. The number of carbonyl (C=O) groups is 1. The lowest BCUT2D eigenvalue weighted by Gasteiger charge is -2.41. The molecule has 3 heterocycles. The standard InChI is InChI=1S/C22H22ClF3N2O6/c1-30-16-11-14(10-15(23)19(16)31-8-9-33-22(24,25)26)20(29)28-7-5-21(17-4-2-3-6-27-17)18(12-28)32-13-34-21/h2-4,6,10-11,18H,5,7-9,12-13H2,1H3/t18-,21+/m0/s1. The molecule has 2 aliphatic heterocycles. The first-order chi connectivity index (χ1) is 16.2. The fraction of sp³-hybridized carbons (Fsp3) is 0.455. The summed E-state index contributed by atoms with van der Waals surface area (Å²) in [6.07, 6.45) is -2.97. The summed E-state index contributed by atoms with van der Waals surface area (Å²) in [5, 5.41) is 0.0231. The van der Waals surface area contributed by atoms with Gasteiger partial charge in [-0.3, -0.25) is 14.5 Å². The average Bonchev–Trinajstić information content (AvgIpc) is 3.26. The van der Waals surface area contributed by atoms with Crippen LogP contribution in [0.4, 0.5) is 13.2 Å². The average molecular weight is 503 g/mol. The highest BCUT2D eigenvalue weighted by Gasteiger charge is 2.52. The van der Waals surface area contributed by atoms with Crippen molar-refractivity contribution in [1.29, 1.82) is 0 Å². The largest absolute Gasteiger partial charge is 0.522 e. The number of piperidine rings is 1. The minimum absolute atomic E-state index is 0.0202. The third-order valence-electron chi connectivity index (χ3n) is 5.70. The van der Waals surface area contributed by atoms with E-state index >= 15 is 0 Å². The van der Waals surface area contributed by atoms with E-state index in [1.54, 1.807) is 11.1 Å². The van der Waals surface area contributed by atoms with E-state index < -0.39 is 31.3 Å². The Morgan fingerprint density at radius 3 is 2.85 bits per heavy atom. The monoisotopic (exact) mass is 502 g/mol. The molecule has 2 fully saturated rings. The van der Waals surface area contributed by atoms with Gasteiger partial charge in [-0.05, 0) is 24.3 Å². The zero-order valence-electron chi connectivity index (χ0n) is 18.1. The number of likely N-dealkylation sites (tertiary alicyclic amines) is 1. The fourth-order valence-corrected chi connectivity index (χ4v) is 4.37. The number of amides is 1. The summed E-state index contributed by atoms with van der Waals surface area (Å²) in [4.78, 5) is 19.3. The zero-order chi connectivity index (χ0) is 24.3. The van der Waals surface area contributed by atoms with Gasteiger partial charge in [-0.1, -0.05) is 17.7 Å². The van der Waals surface area contributed by atoms with Crippen LogP contribution in [0.3, 0.4) is 0 Å². The Morgan fingerprint density at radius 2 is 2.15 bits per heavy atom. The molecule has 1 amide bonds. The molecule has 184 valence electrons.